The number of nitrogens with zero attached hydrogens (tertiary/aromatic N) is 1. The number of carbonyl (C=O) groups is 1. The Hall–Kier alpha value is -2.57. The smallest absolute Gasteiger partial charge is 0.230 e. The first-order valence-electron chi connectivity index (χ1n) is 7.30. The normalized spacial score (nSPS) is 11.2. The van der Waals surface area contributed by atoms with Crippen molar-refractivity contribution in [2.75, 3.05) is 11.1 Å². The summed E-state index contributed by atoms with van der Waals surface area (Å²) in [4.78, 5) is 19.9. The summed E-state index contributed by atoms with van der Waals surface area (Å²) in [5.74, 6) is -0.131. The summed E-state index contributed by atoms with van der Waals surface area (Å²) in [5, 5.41) is 4.98. The van der Waals surface area contributed by atoms with Crippen LogP contribution in [-0.2, 0) is 11.2 Å². The Morgan fingerprint density at radius 1 is 1.33 bits per heavy atom. The molecular formula is C17H13ClN4OS. The molecule has 0 aliphatic carbocycles. The fraction of sp³-hybridized carbons (Fsp3) is 0.0588. The maximum atomic E-state index is 12.3. The van der Waals surface area contributed by atoms with Crippen molar-refractivity contribution in [1.82, 2.24) is 9.97 Å². The van der Waals surface area contributed by atoms with E-state index in [2.05, 4.69) is 15.3 Å². The lowest BCUT2D eigenvalue weighted by Gasteiger charge is -2.01. The van der Waals surface area contributed by atoms with Crippen molar-refractivity contribution in [2.45, 2.75) is 6.42 Å². The molecule has 4 rings (SSSR count). The zero-order valence-electron chi connectivity index (χ0n) is 12.5. The zero-order chi connectivity index (χ0) is 16.7. The Bertz CT molecular complexity index is 1070. The number of aromatic amines is 1. The number of aromatic nitrogens is 2. The summed E-state index contributed by atoms with van der Waals surface area (Å²) in [6.45, 7) is 0. The van der Waals surface area contributed by atoms with Crippen LogP contribution in [0.2, 0.25) is 5.02 Å². The van der Waals surface area contributed by atoms with Gasteiger partial charge in [0, 0.05) is 22.1 Å². The number of nitrogens with two attached hydrogens (primary N) is 1. The highest BCUT2D eigenvalue weighted by Crippen LogP contribution is 2.29. The minimum atomic E-state index is -0.131. The molecule has 0 radical (unpaired) electrons. The molecule has 0 bridgehead atoms. The van der Waals surface area contributed by atoms with E-state index in [9.17, 15) is 4.79 Å². The number of halogens is 1. The SMILES string of the molecule is Nc1cccc2sc(NC(=O)Cc3c[nH]c4ccc(Cl)cc34)nc12. The van der Waals surface area contributed by atoms with Gasteiger partial charge in [-0.05, 0) is 35.9 Å². The van der Waals surface area contributed by atoms with Gasteiger partial charge in [-0.3, -0.25) is 4.79 Å². The maximum absolute atomic E-state index is 12.3. The van der Waals surface area contributed by atoms with E-state index in [4.69, 9.17) is 17.3 Å². The van der Waals surface area contributed by atoms with Crippen LogP contribution in [0.1, 0.15) is 5.56 Å². The molecule has 120 valence electrons. The molecule has 0 atom stereocenters. The number of hydrogen-bond donors (Lipinski definition) is 3. The molecule has 0 saturated heterocycles. The highest BCUT2D eigenvalue weighted by atomic mass is 35.5. The van der Waals surface area contributed by atoms with Crippen molar-refractivity contribution in [3.05, 3.63) is 53.2 Å². The molecule has 4 N–H and O–H groups in total. The van der Waals surface area contributed by atoms with Gasteiger partial charge in [-0.2, -0.15) is 0 Å². The average molecular weight is 357 g/mol. The highest BCUT2D eigenvalue weighted by molar-refractivity contribution is 7.22. The van der Waals surface area contributed by atoms with E-state index < -0.39 is 0 Å². The Labute approximate surface area is 146 Å². The number of carbonyl (C=O) groups excluding carboxylic acids is 1. The fourth-order valence-electron chi connectivity index (χ4n) is 2.66. The summed E-state index contributed by atoms with van der Waals surface area (Å²) in [6.07, 6.45) is 2.07. The van der Waals surface area contributed by atoms with Gasteiger partial charge >= 0.3 is 0 Å². The third-order valence-electron chi connectivity index (χ3n) is 3.78. The number of thiazole rings is 1. The minimum Gasteiger partial charge on any atom is -0.397 e. The standard InChI is InChI=1S/C17H13ClN4OS/c18-10-4-5-13-11(7-10)9(8-20-13)6-15(23)21-17-22-16-12(19)2-1-3-14(16)24-17/h1-5,7-8,20H,6,19H2,(H,21,22,23). The summed E-state index contributed by atoms with van der Waals surface area (Å²) in [7, 11) is 0. The van der Waals surface area contributed by atoms with E-state index in [0.29, 0.717) is 15.8 Å². The predicted octanol–water partition coefficient (Wildman–Crippen LogP) is 4.19. The van der Waals surface area contributed by atoms with E-state index in [1.807, 2.05) is 36.5 Å². The van der Waals surface area contributed by atoms with E-state index in [1.54, 1.807) is 6.07 Å². The van der Waals surface area contributed by atoms with Gasteiger partial charge in [0.05, 0.1) is 16.8 Å². The van der Waals surface area contributed by atoms with Crippen LogP contribution in [0.3, 0.4) is 0 Å². The zero-order valence-corrected chi connectivity index (χ0v) is 14.0. The predicted molar refractivity (Wildman–Crippen MR) is 99.7 cm³/mol. The van der Waals surface area contributed by atoms with Crippen LogP contribution in [0, 0.1) is 0 Å². The van der Waals surface area contributed by atoms with Crippen molar-refractivity contribution in [3.8, 4) is 0 Å². The van der Waals surface area contributed by atoms with E-state index >= 15 is 0 Å². The van der Waals surface area contributed by atoms with Crippen molar-refractivity contribution in [3.63, 3.8) is 0 Å². The van der Waals surface area contributed by atoms with E-state index in [-0.39, 0.29) is 12.3 Å². The van der Waals surface area contributed by atoms with Crippen LogP contribution in [-0.4, -0.2) is 15.9 Å². The van der Waals surface area contributed by atoms with Crippen molar-refractivity contribution < 1.29 is 4.79 Å². The van der Waals surface area contributed by atoms with Crippen molar-refractivity contribution in [1.29, 1.82) is 0 Å². The van der Waals surface area contributed by atoms with Crippen molar-refractivity contribution in [2.24, 2.45) is 0 Å². The molecule has 5 nitrogen and oxygen atoms in total. The number of benzene rings is 2. The lowest BCUT2D eigenvalue weighted by atomic mass is 10.1. The molecule has 0 saturated carbocycles. The number of nitrogens with one attached hydrogen (secondary N) is 2. The van der Waals surface area contributed by atoms with Gasteiger partial charge in [0.15, 0.2) is 5.13 Å². The first-order chi connectivity index (χ1) is 11.6. The molecule has 4 aromatic rings. The highest BCUT2D eigenvalue weighted by Gasteiger charge is 2.12. The Morgan fingerprint density at radius 3 is 3.04 bits per heavy atom. The number of rotatable bonds is 3. The van der Waals surface area contributed by atoms with Gasteiger partial charge < -0.3 is 16.0 Å². The fourth-order valence-corrected chi connectivity index (χ4v) is 3.75. The van der Waals surface area contributed by atoms with E-state index in [0.717, 1.165) is 26.7 Å². The summed E-state index contributed by atoms with van der Waals surface area (Å²) >= 11 is 7.45. The van der Waals surface area contributed by atoms with Gasteiger partial charge in [0.1, 0.15) is 5.52 Å². The number of nitrogen functional groups attached to an aromatic ring is 1. The molecule has 0 fully saturated rings. The first kappa shape index (κ1) is 15.0. The molecule has 0 spiro atoms. The van der Waals surface area contributed by atoms with Crippen LogP contribution in [0.15, 0.2) is 42.6 Å². The third kappa shape index (κ3) is 2.70. The molecule has 1 amide bonds. The Balaban J connectivity index is 1.57. The molecule has 0 aliphatic rings. The quantitative estimate of drug-likeness (QED) is 0.481. The second-order valence-corrected chi connectivity index (χ2v) is 6.91. The molecule has 2 aromatic carbocycles. The topological polar surface area (TPSA) is 83.8 Å². The van der Waals surface area contributed by atoms with Crippen LogP contribution < -0.4 is 11.1 Å². The summed E-state index contributed by atoms with van der Waals surface area (Å²) in [6, 6.07) is 11.2. The number of hydrogen-bond acceptors (Lipinski definition) is 4. The summed E-state index contributed by atoms with van der Waals surface area (Å²) < 4.78 is 0.948. The molecule has 2 aromatic heterocycles. The van der Waals surface area contributed by atoms with Crippen molar-refractivity contribution >= 4 is 60.8 Å². The van der Waals surface area contributed by atoms with Crippen LogP contribution in [0.4, 0.5) is 10.8 Å². The number of fused-ring (bicyclic) bond motifs is 2. The van der Waals surface area contributed by atoms with Gasteiger partial charge in [-0.15, -0.1) is 0 Å². The largest absolute Gasteiger partial charge is 0.397 e. The third-order valence-corrected chi connectivity index (χ3v) is 4.95. The van der Waals surface area contributed by atoms with Crippen LogP contribution in [0.25, 0.3) is 21.1 Å². The molecule has 7 heteroatoms. The molecule has 0 unspecified atom stereocenters. The lowest BCUT2D eigenvalue weighted by Crippen LogP contribution is -2.13. The number of para-hydroxylation sites is 1. The summed E-state index contributed by atoms with van der Waals surface area (Å²) in [5.41, 5.74) is 9.08. The van der Waals surface area contributed by atoms with Gasteiger partial charge in [-0.25, -0.2) is 4.98 Å². The van der Waals surface area contributed by atoms with Gasteiger partial charge in [0.2, 0.25) is 5.91 Å². The second kappa shape index (κ2) is 5.81. The number of H-pyrrole nitrogens is 1. The van der Waals surface area contributed by atoms with Gasteiger partial charge in [0.25, 0.3) is 0 Å². The lowest BCUT2D eigenvalue weighted by molar-refractivity contribution is -0.115. The monoisotopic (exact) mass is 356 g/mol. The average Bonchev–Trinajstić information content (AvgIpc) is 3.12. The Morgan fingerprint density at radius 2 is 2.21 bits per heavy atom. The molecule has 0 aliphatic heterocycles. The van der Waals surface area contributed by atoms with Crippen LogP contribution in [0.5, 0.6) is 0 Å². The number of amides is 1. The molecule has 2 heterocycles. The molecule has 24 heavy (non-hydrogen) atoms. The van der Waals surface area contributed by atoms with Crippen LogP contribution >= 0.6 is 22.9 Å². The first-order valence-corrected chi connectivity index (χ1v) is 8.50. The second-order valence-electron chi connectivity index (χ2n) is 5.44. The Kier molecular flexibility index (Phi) is 3.63. The van der Waals surface area contributed by atoms with Gasteiger partial charge in [-0.1, -0.05) is 29.0 Å². The van der Waals surface area contributed by atoms with E-state index in [1.165, 1.54) is 11.3 Å². The molecular weight excluding hydrogens is 344 g/mol. The minimum absolute atomic E-state index is 0.131. The maximum Gasteiger partial charge on any atom is 0.230 e. The number of anilines is 2.